The minimum absolute atomic E-state index is 0. The van der Waals surface area contributed by atoms with Gasteiger partial charge in [0.25, 0.3) is 5.69 Å². The number of hydrogen-bond donors (Lipinski definition) is 3. The largest absolute Gasteiger partial charge is 1.00 e. The van der Waals surface area contributed by atoms with Crippen molar-refractivity contribution in [2.24, 2.45) is 20.1 Å². The maximum absolute atomic E-state index is 12.2. The maximum Gasteiger partial charge on any atom is 1.00 e. The summed E-state index contributed by atoms with van der Waals surface area (Å²) in [5.41, 5.74) is -0.599. The number of benzene rings is 3. The molecular weight excluding hydrogens is 994 g/mol. The van der Waals surface area contributed by atoms with Gasteiger partial charge < -0.3 is 23.2 Å². The number of nitrogens with one attached hydrogen (secondary N) is 3. The van der Waals surface area contributed by atoms with Crippen LogP contribution in [0, 0.1) is 10.1 Å². The second kappa shape index (κ2) is 24.1. The first kappa shape index (κ1) is 59.6. The monoisotopic (exact) mass is 1010 g/mol. The molecule has 3 N–H and O–H groups in total. The van der Waals surface area contributed by atoms with E-state index in [1.807, 2.05) is 0 Å². The van der Waals surface area contributed by atoms with Gasteiger partial charge in [0.1, 0.15) is 46.2 Å². The first-order valence-corrected chi connectivity index (χ1v) is 21.7. The zero-order valence-electron chi connectivity index (χ0n) is 33.4. The molecular formula is C31H20ClN9Na4O15S4. The summed E-state index contributed by atoms with van der Waals surface area (Å²) in [6, 6.07) is 7.33. The molecule has 0 bridgehead atoms. The van der Waals surface area contributed by atoms with Gasteiger partial charge in [-0.15, -0.1) is 0 Å². The van der Waals surface area contributed by atoms with E-state index in [9.17, 15) is 66.8 Å². The first-order chi connectivity index (χ1) is 27.8. The van der Waals surface area contributed by atoms with Crippen LogP contribution in [0.2, 0.25) is 5.28 Å². The quantitative estimate of drug-likeness (QED) is 0.0314. The summed E-state index contributed by atoms with van der Waals surface area (Å²) in [6.07, 6.45) is 5.77. The van der Waals surface area contributed by atoms with Gasteiger partial charge in [-0.3, -0.25) is 25.3 Å². The molecule has 0 unspecified atom stereocenters. The minimum Gasteiger partial charge on any atom is -0.744 e. The van der Waals surface area contributed by atoms with Crippen LogP contribution in [0.4, 0.5) is 17.1 Å². The molecule has 64 heavy (non-hydrogen) atoms. The third kappa shape index (κ3) is 16.4. The zero-order chi connectivity index (χ0) is 44.4. The number of halogens is 1. The molecule has 1 heterocycles. The van der Waals surface area contributed by atoms with Crippen LogP contribution >= 0.6 is 11.6 Å². The number of nitro groups is 1. The van der Waals surface area contributed by atoms with Crippen molar-refractivity contribution in [2.45, 2.75) is 26.5 Å². The molecule has 1 aliphatic rings. The number of allylic oxidation sites excluding steroid dienone is 3. The number of nitro benzene ring substituents is 1. The molecule has 33 heteroatoms. The number of aliphatic imine (C=N–C) groups is 1. The topological polar surface area (TPSA) is 395 Å². The number of non-ortho nitro benzene ring substituents is 1. The molecule has 0 atom stereocenters. The van der Waals surface area contributed by atoms with E-state index in [4.69, 9.17) is 11.6 Å². The molecule has 0 saturated heterocycles. The minimum atomic E-state index is -5.23. The van der Waals surface area contributed by atoms with Crippen molar-refractivity contribution < 1.29 is 180 Å². The number of aromatic amines is 2. The SMILES string of the molecule is CC(=O)N=C1C=C(N=c2nc(Cl)[nH]c(=Nc3cc(S(=O)(=O)[O-])ccc3S(=O)(=O)[O-])[nH]2)C=CC1=NNc1ccc(/C=C/c2ccc([N+](=O)[O-])cc2S(=O)(=O)[O-])c(S(=O)(=O)[O-])c1.[Na+].[Na+].[Na+].[Na+]. The van der Waals surface area contributed by atoms with E-state index >= 15 is 0 Å². The third-order valence-electron chi connectivity index (χ3n) is 7.36. The van der Waals surface area contributed by atoms with Crippen molar-refractivity contribution in [3.63, 3.8) is 0 Å². The van der Waals surface area contributed by atoms with Gasteiger partial charge in [0, 0.05) is 19.1 Å². The standard InChI is InChI=1S/C31H24ClN9O15S4.4Na/c1-16(42)33-24-12-19(34-30-36-29(32)37-31(38-30)35-25-15-22(57(45,46)47)9-11-26(25)58(48,49)50)7-10-23(24)40-39-20-6-4-17(27(13-20)59(51,52)53)2-3-18-5-8-21(41(43)44)14-28(18)60(54,55)56;;;;/h2-15,39H,1H3,(H,45,46,47)(H,48,49,50)(H,51,52,53)(H,54,55,56)(H2,34,35,36,37,38);;;;/q;4*+1/p-4/b3-2+,33-24?,40-23?;;;;. The van der Waals surface area contributed by atoms with Gasteiger partial charge in [-0.05, 0) is 77.4 Å². The van der Waals surface area contributed by atoms with Gasteiger partial charge in [0.15, 0.2) is 0 Å². The smallest absolute Gasteiger partial charge is 0.744 e. The van der Waals surface area contributed by atoms with Gasteiger partial charge in [0.05, 0.1) is 47.3 Å². The Labute approximate surface area is 455 Å². The van der Waals surface area contributed by atoms with E-state index < -0.39 is 93.2 Å². The van der Waals surface area contributed by atoms with Gasteiger partial charge in [-0.2, -0.15) is 10.1 Å². The number of aromatic nitrogens is 3. The molecule has 1 amide bonds. The van der Waals surface area contributed by atoms with Crippen molar-refractivity contribution in [1.82, 2.24) is 15.0 Å². The fourth-order valence-electron chi connectivity index (χ4n) is 4.88. The van der Waals surface area contributed by atoms with Crippen molar-refractivity contribution in [3.8, 4) is 0 Å². The number of carbonyl (C=O) groups excluding carboxylic acids is 1. The Kier molecular flexibility index (Phi) is 22.4. The Hall–Kier alpha value is -2.37. The van der Waals surface area contributed by atoms with Crippen LogP contribution in [0.25, 0.3) is 12.2 Å². The van der Waals surface area contributed by atoms with Crippen LogP contribution in [0.3, 0.4) is 0 Å². The summed E-state index contributed by atoms with van der Waals surface area (Å²) in [5, 5.41) is 14.8. The average Bonchev–Trinajstić information content (AvgIpc) is 3.11. The number of carbonyl (C=O) groups is 1. The number of amides is 1. The second-order valence-electron chi connectivity index (χ2n) is 11.6. The molecule has 0 spiro atoms. The summed E-state index contributed by atoms with van der Waals surface area (Å²) < 4.78 is 142. The summed E-state index contributed by atoms with van der Waals surface area (Å²) in [7, 11) is -20.8. The third-order valence-corrected chi connectivity index (χ3v) is 11.0. The van der Waals surface area contributed by atoms with Crippen LogP contribution in [-0.4, -0.2) is 89.1 Å². The van der Waals surface area contributed by atoms with Crippen molar-refractivity contribution in [3.05, 3.63) is 116 Å². The van der Waals surface area contributed by atoms with E-state index in [1.165, 1.54) is 24.3 Å². The van der Waals surface area contributed by atoms with Crippen LogP contribution in [-0.2, 0) is 45.3 Å². The predicted molar refractivity (Wildman–Crippen MR) is 202 cm³/mol. The van der Waals surface area contributed by atoms with E-state index in [0.29, 0.717) is 24.3 Å². The molecule has 0 saturated carbocycles. The zero-order valence-corrected chi connectivity index (χ0v) is 45.4. The van der Waals surface area contributed by atoms with Gasteiger partial charge in [0.2, 0.25) is 22.4 Å². The fraction of sp³-hybridized carbons (Fsp3) is 0.0323. The number of rotatable bonds is 11. The van der Waals surface area contributed by atoms with Crippen molar-refractivity contribution in [2.75, 3.05) is 5.43 Å². The second-order valence-corrected chi connectivity index (χ2v) is 17.4. The molecule has 5 rings (SSSR count). The Balaban J connectivity index is 0.00000512. The number of hydrogen-bond acceptors (Lipinski definition) is 20. The number of hydrazone groups is 1. The molecule has 1 aliphatic carbocycles. The molecule has 24 nitrogen and oxygen atoms in total. The summed E-state index contributed by atoms with van der Waals surface area (Å²) in [4.78, 5) is 39.2. The molecule has 0 fully saturated rings. The van der Waals surface area contributed by atoms with E-state index in [2.05, 4.69) is 40.5 Å². The maximum atomic E-state index is 12.2. The van der Waals surface area contributed by atoms with Gasteiger partial charge in [-0.25, -0.2) is 48.6 Å². The average molecular weight is 1010 g/mol. The molecule has 314 valence electrons. The van der Waals surface area contributed by atoms with E-state index in [1.54, 1.807) is 0 Å². The van der Waals surface area contributed by atoms with Gasteiger partial charge >= 0.3 is 118 Å². The normalized spacial score (nSPS) is 14.8. The molecule has 4 aromatic rings. The van der Waals surface area contributed by atoms with Crippen LogP contribution < -0.4 is 135 Å². The molecule has 3 aromatic carbocycles. The molecule has 0 aliphatic heterocycles. The summed E-state index contributed by atoms with van der Waals surface area (Å²) in [5.74, 6) is -0.713. The summed E-state index contributed by atoms with van der Waals surface area (Å²) in [6.45, 7) is 1.10. The number of nitrogens with zero attached hydrogens (tertiary/aromatic N) is 6. The predicted octanol–water partition coefficient (Wildman–Crippen LogP) is -10.9. The fourth-order valence-corrected chi connectivity index (χ4v) is 7.52. The first-order valence-electron chi connectivity index (χ1n) is 15.6. The van der Waals surface area contributed by atoms with Gasteiger partial charge in [-0.1, -0.05) is 18.2 Å². The van der Waals surface area contributed by atoms with E-state index in [0.717, 1.165) is 43.3 Å². The Morgan fingerprint density at radius 1 is 0.734 bits per heavy atom. The number of anilines is 1. The Morgan fingerprint density at radius 3 is 1.86 bits per heavy atom. The number of H-pyrrole nitrogens is 2. The van der Waals surface area contributed by atoms with Crippen LogP contribution in [0.1, 0.15) is 18.1 Å². The molecule has 1 aromatic heterocycles. The van der Waals surface area contributed by atoms with Crippen LogP contribution in [0.5, 0.6) is 0 Å². The summed E-state index contributed by atoms with van der Waals surface area (Å²) >= 11 is 6.04. The Morgan fingerprint density at radius 2 is 1.31 bits per heavy atom. The van der Waals surface area contributed by atoms with Crippen LogP contribution in [0.15, 0.2) is 118 Å². The van der Waals surface area contributed by atoms with E-state index in [-0.39, 0.29) is 158 Å². The molecule has 0 radical (unpaired) electrons. The Bertz CT molecular complexity index is 3290. The van der Waals surface area contributed by atoms with Crippen molar-refractivity contribution in [1.29, 1.82) is 0 Å². The van der Waals surface area contributed by atoms with Crippen molar-refractivity contribution >= 4 is 98.6 Å².